The Bertz CT molecular complexity index is 772. The van der Waals surface area contributed by atoms with Gasteiger partial charge in [-0.1, -0.05) is 0 Å². The van der Waals surface area contributed by atoms with E-state index in [-0.39, 0.29) is 34.1 Å². The monoisotopic (exact) mass is 333 g/mol. The first-order valence-electron chi connectivity index (χ1n) is 6.98. The van der Waals surface area contributed by atoms with Crippen molar-refractivity contribution in [3.63, 3.8) is 0 Å². The summed E-state index contributed by atoms with van der Waals surface area (Å²) in [7, 11) is 5.67. The van der Waals surface area contributed by atoms with Gasteiger partial charge in [0, 0.05) is 5.56 Å². The van der Waals surface area contributed by atoms with E-state index in [9.17, 15) is 9.90 Å². The molecule has 7 nitrogen and oxygen atoms in total. The molecule has 0 aromatic heterocycles. The first-order valence-corrected chi connectivity index (χ1v) is 6.98. The predicted octanol–water partition coefficient (Wildman–Crippen LogP) is 2.24. The number of ketones is 1. The SMILES string of the molecule is COc1ccc(C(=O)c2cc(OC)c(OC)c(OC)c2O)cc1N. The van der Waals surface area contributed by atoms with Crippen molar-refractivity contribution in [2.45, 2.75) is 0 Å². The van der Waals surface area contributed by atoms with Gasteiger partial charge < -0.3 is 29.8 Å². The number of anilines is 1. The summed E-state index contributed by atoms with van der Waals surface area (Å²) in [5, 5.41) is 10.4. The molecule has 0 radical (unpaired) electrons. The molecule has 0 heterocycles. The zero-order valence-corrected chi connectivity index (χ0v) is 13.9. The number of methoxy groups -OCH3 is 4. The molecule has 0 aliphatic heterocycles. The first-order chi connectivity index (χ1) is 11.5. The molecule has 0 saturated heterocycles. The molecular formula is C17H19NO6. The summed E-state index contributed by atoms with van der Waals surface area (Å²) in [6.45, 7) is 0. The lowest BCUT2D eigenvalue weighted by Gasteiger charge is -2.16. The fourth-order valence-electron chi connectivity index (χ4n) is 2.35. The standard InChI is InChI=1S/C17H19NO6/c1-21-12-6-5-9(7-11(12)18)14(19)10-8-13(22-2)16(23-3)17(24-4)15(10)20/h5-8,20H,18H2,1-4H3. The summed E-state index contributed by atoms with van der Waals surface area (Å²) < 4.78 is 20.6. The second kappa shape index (κ2) is 6.99. The molecule has 0 saturated carbocycles. The van der Waals surface area contributed by atoms with Gasteiger partial charge in [-0.25, -0.2) is 0 Å². The average molecular weight is 333 g/mol. The summed E-state index contributed by atoms with van der Waals surface area (Å²) in [6.07, 6.45) is 0. The third-order valence-corrected chi connectivity index (χ3v) is 3.54. The van der Waals surface area contributed by atoms with Crippen molar-refractivity contribution in [1.29, 1.82) is 0 Å². The normalized spacial score (nSPS) is 10.2. The molecule has 0 spiro atoms. The number of phenolic OH excluding ortho intramolecular Hbond substituents is 1. The van der Waals surface area contributed by atoms with Crippen molar-refractivity contribution in [2.75, 3.05) is 34.2 Å². The lowest BCUT2D eigenvalue weighted by molar-refractivity contribution is 0.103. The zero-order chi connectivity index (χ0) is 17.9. The van der Waals surface area contributed by atoms with Gasteiger partial charge in [-0.2, -0.15) is 0 Å². The minimum atomic E-state index is -0.443. The Morgan fingerprint density at radius 1 is 0.917 bits per heavy atom. The molecule has 2 aromatic carbocycles. The predicted molar refractivity (Wildman–Crippen MR) is 88.6 cm³/mol. The summed E-state index contributed by atoms with van der Waals surface area (Å²) in [4.78, 5) is 12.7. The molecule has 24 heavy (non-hydrogen) atoms. The minimum Gasteiger partial charge on any atom is -0.504 e. The van der Waals surface area contributed by atoms with Crippen LogP contribution in [0.1, 0.15) is 15.9 Å². The summed E-state index contributed by atoms with van der Waals surface area (Å²) in [6, 6.07) is 6.00. The fourth-order valence-corrected chi connectivity index (χ4v) is 2.35. The van der Waals surface area contributed by atoms with E-state index in [0.717, 1.165) is 0 Å². The molecule has 0 fully saturated rings. The maximum absolute atomic E-state index is 12.7. The van der Waals surface area contributed by atoms with Crippen LogP contribution in [0.5, 0.6) is 28.7 Å². The number of hydrogen-bond donors (Lipinski definition) is 2. The van der Waals surface area contributed by atoms with E-state index in [1.54, 1.807) is 12.1 Å². The topological polar surface area (TPSA) is 100 Å². The second-order valence-corrected chi connectivity index (χ2v) is 4.83. The highest BCUT2D eigenvalue weighted by molar-refractivity contribution is 6.12. The van der Waals surface area contributed by atoms with Crippen LogP contribution >= 0.6 is 0 Å². The van der Waals surface area contributed by atoms with Gasteiger partial charge in [-0.15, -0.1) is 0 Å². The highest BCUT2D eigenvalue weighted by Gasteiger charge is 2.25. The number of ether oxygens (including phenoxy) is 4. The number of hydrogen-bond acceptors (Lipinski definition) is 7. The van der Waals surface area contributed by atoms with Crippen LogP contribution in [0, 0.1) is 0 Å². The molecular weight excluding hydrogens is 314 g/mol. The third-order valence-electron chi connectivity index (χ3n) is 3.54. The number of nitrogen functional groups attached to an aromatic ring is 1. The van der Waals surface area contributed by atoms with E-state index in [1.807, 2.05) is 0 Å². The van der Waals surface area contributed by atoms with Gasteiger partial charge in [0.2, 0.25) is 11.5 Å². The largest absolute Gasteiger partial charge is 0.504 e. The second-order valence-electron chi connectivity index (χ2n) is 4.83. The number of benzene rings is 2. The van der Waals surface area contributed by atoms with Crippen molar-refractivity contribution in [2.24, 2.45) is 0 Å². The Labute approximate surface area is 139 Å². The Kier molecular flexibility index (Phi) is 5.03. The molecule has 0 aliphatic rings. The smallest absolute Gasteiger partial charge is 0.207 e. The van der Waals surface area contributed by atoms with Gasteiger partial charge in [0.15, 0.2) is 17.3 Å². The van der Waals surface area contributed by atoms with Crippen LogP contribution in [0.4, 0.5) is 5.69 Å². The van der Waals surface area contributed by atoms with Gasteiger partial charge in [-0.3, -0.25) is 4.79 Å². The highest BCUT2D eigenvalue weighted by Crippen LogP contribution is 2.46. The molecule has 2 aromatic rings. The van der Waals surface area contributed by atoms with E-state index >= 15 is 0 Å². The highest BCUT2D eigenvalue weighted by atomic mass is 16.5. The van der Waals surface area contributed by atoms with Gasteiger partial charge in [0.1, 0.15) is 5.75 Å². The molecule has 2 rings (SSSR count). The molecule has 0 aliphatic carbocycles. The number of aromatic hydroxyl groups is 1. The third kappa shape index (κ3) is 2.88. The van der Waals surface area contributed by atoms with Gasteiger partial charge in [0.25, 0.3) is 0 Å². The van der Waals surface area contributed by atoms with Crippen LogP contribution in [0.25, 0.3) is 0 Å². The zero-order valence-electron chi connectivity index (χ0n) is 13.9. The van der Waals surface area contributed by atoms with E-state index in [2.05, 4.69) is 0 Å². The number of phenols is 1. The van der Waals surface area contributed by atoms with Crippen LogP contribution < -0.4 is 24.7 Å². The molecule has 3 N–H and O–H groups in total. The van der Waals surface area contributed by atoms with Crippen LogP contribution in [-0.2, 0) is 0 Å². The van der Waals surface area contributed by atoms with Gasteiger partial charge in [0.05, 0.1) is 39.7 Å². The summed E-state index contributed by atoms with van der Waals surface area (Å²) in [5.41, 5.74) is 6.45. The van der Waals surface area contributed by atoms with Crippen LogP contribution in [-0.4, -0.2) is 39.3 Å². The minimum absolute atomic E-state index is 0.00840. The number of carbonyl (C=O) groups excluding carboxylic acids is 1. The van der Waals surface area contributed by atoms with E-state index in [4.69, 9.17) is 24.7 Å². The molecule has 0 unspecified atom stereocenters. The van der Waals surface area contributed by atoms with Crippen LogP contribution in [0.15, 0.2) is 24.3 Å². The van der Waals surface area contributed by atoms with Crippen molar-refractivity contribution in [3.8, 4) is 28.7 Å². The van der Waals surface area contributed by atoms with E-state index in [1.165, 1.54) is 40.6 Å². The molecule has 128 valence electrons. The first kappa shape index (κ1) is 17.3. The maximum Gasteiger partial charge on any atom is 0.207 e. The van der Waals surface area contributed by atoms with Gasteiger partial charge >= 0.3 is 0 Å². The average Bonchev–Trinajstić information content (AvgIpc) is 2.60. The van der Waals surface area contributed by atoms with Crippen molar-refractivity contribution >= 4 is 11.5 Å². The van der Waals surface area contributed by atoms with Crippen LogP contribution in [0.3, 0.4) is 0 Å². The molecule has 0 amide bonds. The number of nitrogens with two attached hydrogens (primary N) is 1. The Hall–Kier alpha value is -3.09. The van der Waals surface area contributed by atoms with Crippen LogP contribution in [0.2, 0.25) is 0 Å². The Morgan fingerprint density at radius 2 is 1.54 bits per heavy atom. The summed E-state index contributed by atoms with van der Waals surface area (Å²) >= 11 is 0. The lowest BCUT2D eigenvalue weighted by atomic mass is 10.0. The van der Waals surface area contributed by atoms with E-state index in [0.29, 0.717) is 11.4 Å². The molecule has 0 atom stereocenters. The maximum atomic E-state index is 12.7. The fraction of sp³-hybridized carbons (Fsp3) is 0.235. The summed E-state index contributed by atoms with van der Waals surface area (Å²) in [5.74, 6) is 0.151. The quantitative estimate of drug-likeness (QED) is 0.617. The van der Waals surface area contributed by atoms with E-state index < -0.39 is 5.78 Å². The molecule has 7 heteroatoms. The number of carbonyl (C=O) groups is 1. The number of rotatable bonds is 6. The van der Waals surface area contributed by atoms with Crippen molar-refractivity contribution < 1.29 is 28.8 Å². The van der Waals surface area contributed by atoms with Gasteiger partial charge in [-0.05, 0) is 24.3 Å². The van der Waals surface area contributed by atoms with Crippen molar-refractivity contribution in [3.05, 3.63) is 35.4 Å². The molecule has 0 bridgehead atoms. The lowest BCUT2D eigenvalue weighted by Crippen LogP contribution is -2.06. The van der Waals surface area contributed by atoms with Crippen molar-refractivity contribution in [1.82, 2.24) is 0 Å². The Balaban J connectivity index is 2.59. The Morgan fingerprint density at radius 3 is 2.04 bits per heavy atom.